The van der Waals surface area contributed by atoms with Crippen molar-refractivity contribution >= 4 is 34.9 Å². The Bertz CT molecular complexity index is 841. The van der Waals surface area contributed by atoms with Gasteiger partial charge in [0.1, 0.15) is 0 Å². The maximum atomic E-state index is 12.8. The first-order chi connectivity index (χ1) is 14.0. The van der Waals surface area contributed by atoms with Crippen LogP contribution in [0.1, 0.15) is 44.7 Å². The molecular formula is C21H26ClN5O2. The molecule has 2 aromatic rings. The maximum absolute atomic E-state index is 12.8. The van der Waals surface area contributed by atoms with Crippen LogP contribution in [0.15, 0.2) is 36.4 Å². The van der Waals surface area contributed by atoms with Gasteiger partial charge in [-0.15, -0.1) is 10.2 Å². The lowest BCUT2D eigenvalue weighted by atomic mass is 9.96. The van der Waals surface area contributed by atoms with Gasteiger partial charge in [0.2, 0.25) is 11.8 Å². The minimum atomic E-state index is -0.121. The van der Waals surface area contributed by atoms with E-state index in [0.29, 0.717) is 18.1 Å². The van der Waals surface area contributed by atoms with E-state index in [1.54, 1.807) is 6.07 Å². The zero-order valence-electron chi connectivity index (χ0n) is 16.7. The Morgan fingerprint density at radius 2 is 1.97 bits per heavy atom. The fourth-order valence-electron chi connectivity index (χ4n) is 3.40. The first kappa shape index (κ1) is 21.0. The summed E-state index contributed by atoms with van der Waals surface area (Å²) in [5.74, 6) is 0.648. The minimum Gasteiger partial charge on any atom is -0.354 e. The van der Waals surface area contributed by atoms with Gasteiger partial charge in [-0.05, 0) is 49.6 Å². The predicted octanol–water partition coefficient (Wildman–Crippen LogP) is 3.57. The van der Waals surface area contributed by atoms with Crippen LogP contribution >= 0.6 is 11.6 Å². The van der Waals surface area contributed by atoms with Gasteiger partial charge < -0.3 is 15.5 Å². The summed E-state index contributed by atoms with van der Waals surface area (Å²) >= 11 is 5.81. The van der Waals surface area contributed by atoms with Crippen LogP contribution < -0.4 is 15.5 Å². The van der Waals surface area contributed by atoms with Gasteiger partial charge in [0.05, 0.1) is 12.0 Å². The van der Waals surface area contributed by atoms with Gasteiger partial charge in [-0.3, -0.25) is 9.59 Å². The van der Waals surface area contributed by atoms with Crippen LogP contribution in [0.2, 0.25) is 5.15 Å². The van der Waals surface area contributed by atoms with Crippen LogP contribution in [0, 0.1) is 5.92 Å². The van der Waals surface area contributed by atoms with Crippen molar-refractivity contribution in [2.45, 2.75) is 39.2 Å². The van der Waals surface area contributed by atoms with E-state index in [4.69, 9.17) is 11.6 Å². The van der Waals surface area contributed by atoms with E-state index in [-0.39, 0.29) is 23.8 Å². The molecule has 0 saturated carbocycles. The number of aromatic nitrogens is 2. The van der Waals surface area contributed by atoms with E-state index >= 15 is 0 Å². The summed E-state index contributed by atoms with van der Waals surface area (Å²) in [5, 5.41) is 14.3. The average molecular weight is 416 g/mol. The average Bonchev–Trinajstić information content (AvgIpc) is 2.74. The lowest BCUT2D eigenvalue weighted by molar-refractivity contribution is -0.126. The second-order valence-electron chi connectivity index (χ2n) is 7.25. The lowest BCUT2D eigenvalue weighted by Gasteiger charge is -2.33. The smallest absolute Gasteiger partial charge is 0.225 e. The molecule has 3 rings (SSSR count). The van der Waals surface area contributed by atoms with E-state index in [1.807, 2.05) is 44.2 Å². The van der Waals surface area contributed by atoms with E-state index < -0.39 is 0 Å². The molecule has 1 aliphatic heterocycles. The van der Waals surface area contributed by atoms with E-state index in [0.717, 1.165) is 36.5 Å². The monoisotopic (exact) mass is 415 g/mol. The highest BCUT2D eigenvalue weighted by Gasteiger charge is 2.27. The number of carbonyl (C=O) groups is 2. The molecule has 1 aliphatic rings. The van der Waals surface area contributed by atoms with Gasteiger partial charge in [0.25, 0.3) is 0 Å². The van der Waals surface area contributed by atoms with Crippen LogP contribution in [0.5, 0.6) is 0 Å². The second kappa shape index (κ2) is 9.69. The summed E-state index contributed by atoms with van der Waals surface area (Å²) in [7, 11) is 0. The highest BCUT2D eigenvalue weighted by atomic mass is 35.5. The van der Waals surface area contributed by atoms with Crippen molar-refractivity contribution in [3.05, 3.63) is 47.1 Å². The van der Waals surface area contributed by atoms with Gasteiger partial charge >= 0.3 is 0 Å². The predicted molar refractivity (Wildman–Crippen MR) is 114 cm³/mol. The number of nitrogens with zero attached hydrogens (tertiary/aromatic N) is 3. The van der Waals surface area contributed by atoms with Crippen molar-refractivity contribution in [3.63, 3.8) is 0 Å². The molecule has 2 amide bonds. The molecule has 0 bridgehead atoms. The lowest BCUT2D eigenvalue weighted by Crippen LogP contribution is -2.44. The number of anilines is 2. The van der Waals surface area contributed by atoms with Gasteiger partial charge in [-0.25, -0.2) is 0 Å². The number of benzene rings is 1. The SMILES string of the molecule is CCC(=O)Nc1ccc([C@H](C)NC(=O)[C@@H]2CCCN(c3ccc(Cl)nn3)C2)cc1. The Balaban J connectivity index is 1.57. The molecule has 0 radical (unpaired) electrons. The normalized spacial score (nSPS) is 17.5. The highest BCUT2D eigenvalue weighted by Crippen LogP contribution is 2.23. The molecule has 2 heterocycles. The van der Waals surface area contributed by atoms with Crippen LogP contribution in [-0.4, -0.2) is 35.1 Å². The number of rotatable bonds is 6. The fourth-order valence-corrected chi connectivity index (χ4v) is 3.50. The molecule has 2 atom stereocenters. The zero-order valence-corrected chi connectivity index (χ0v) is 17.4. The van der Waals surface area contributed by atoms with Gasteiger partial charge in [-0.2, -0.15) is 0 Å². The third-order valence-electron chi connectivity index (χ3n) is 5.11. The number of hydrogen-bond acceptors (Lipinski definition) is 5. The van der Waals surface area contributed by atoms with Gasteiger partial charge in [-0.1, -0.05) is 30.7 Å². The third kappa shape index (κ3) is 5.67. The van der Waals surface area contributed by atoms with Crippen LogP contribution in [0.3, 0.4) is 0 Å². The molecule has 7 nitrogen and oxygen atoms in total. The molecule has 0 unspecified atom stereocenters. The van der Waals surface area contributed by atoms with Crippen LogP contribution in [0.25, 0.3) is 0 Å². The zero-order chi connectivity index (χ0) is 20.8. The van der Waals surface area contributed by atoms with Crippen molar-refractivity contribution in [2.75, 3.05) is 23.3 Å². The Morgan fingerprint density at radius 3 is 2.62 bits per heavy atom. The molecule has 1 aromatic heterocycles. The summed E-state index contributed by atoms with van der Waals surface area (Å²) in [6, 6.07) is 11.0. The number of piperidine rings is 1. The van der Waals surface area contributed by atoms with Crippen molar-refractivity contribution in [2.24, 2.45) is 5.92 Å². The number of nitrogens with one attached hydrogen (secondary N) is 2. The quantitative estimate of drug-likeness (QED) is 0.753. The molecule has 1 fully saturated rings. The highest BCUT2D eigenvalue weighted by molar-refractivity contribution is 6.29. The molecule has 2 N–H and O–H groups in total. The minimum absolute atomic E-state index is 0.0219. The molecular weight excluding hydrogens is 390 g/mol. The number of amides is 2. The van der Waals surface area contributed by atoms with E-state index in [9.17, 15) is 9.59 Å². The van der Waals surface area contributed by atoms with Crippen molar-refractivity contribution in [3.8, 4) is 0 Å². The Morgan fingerprint density at radius 1 is 1.21 bits per heavy atom. The van der Waals surface area contributed by atoms with Gasteiger partial charge in [0, 0.05) is 25.2 Å². The summed E-state index contributed by atoms with van der Waals surface area (Å²) in [5.41, 5.74) is 1.75. The molecule has 154 valence electrons. The van der Waals surface area contributed by atoms with Gasteiger partial charge in [0.15, 0.2) is 11.0 Å². The Kier molecular flexibility index (Phi) is 7.04. The van der Waals surface area contributed by atoms with Crippen molar-refractivity contribution in [1.82, 2.24) is 15.5 Å². The Hall–Kier alpha value is -2.67. The maximum Gasteiger partial charge on any atom is 0.225 e. The first-order valence-corrected chi connectivity index (χ1v) is 10.3. The summed E-state index contributed by atoms with van der Waals surface area (Å²) < 4.78 is 0. The summed E-state index contributed by atoms with van der Waals surface area (Å²) in [6.45, 7) is 5.23. The van der Waals surface area contributed by atoms with E-state index in [1.165, 1.54) is 0 Å². The molecule has 1 saturated heterocycles. The largest absolute Gasteiger partial charge is 0.354 e. The Labute approximate surface area is 175 Å². The van der Waals surface area contributed by atoms with Crippen molar-refractivity contribution < 1.29 is 9.59 Å². The topological polar surface area (TPSA) is 87.2 Å². The number of hydrogen-bond donors (Lipinski definition) is 2. The molecule has 1 aromatic carbocycles. The molecule has 29 heavy (non-hydrogen) atoms. The number of halogens is 1. The van der Waals surface area contributed by atoms with Crippen molar-refractivity contribution in [1.29, 1.82) is 0 Å². The van der Waals surface area contributed by atoms with Crippen LogP contribution in [-0.2, 0) is 9.59 Å². The summed E-state index contributed by atoms with van der Waals surface area (Å²) in [6.07, 6.45) is 2.20. The fraction of sp³-hybridized carbons (Fsp3) is 0.429. The van der Waals surface area contributed by atoms with Crippen LogP contribution in [0.4, 0.5) is 11.5 Å². The molecule has 8 heteroatoms. The molecule has 0 aliphatic carbocycles. The second-order valence-corrected chi connectivity index (χ2v) is 7.64. The standard InChI is InChI=1S/C21H26ClN5O2/c1-3-20(28)24-17-8-6-15(7-9-17)14(2)23-21(29)16-5-4-12-27(13-16)19-11-10-18(22)25-26-19/h6-11,14,16H,3-5,12-13H2,1-2H3,(H,23,29)(H,24,28)/t14-,16+/m0/s1. The third-order valence-corrected chi connectivity index (χ3v) is 5.31. The number of carbonyl (C=O) groups excluding carboxylic acids is 2. The summed E-state index contributed by atoms with van der Waals surface area (Å²) in [4.78, 5) is 26.4. The molecule has 0 spiro atoms. The van der Waals surface area contributed by atoms with E-state index in [2.05, 4.69) is 25.7 Å². The first-order valence-electron chi connectivity index (χ1n) is 9.90.